The summed E-state index contributed by atoms with van der Waals surface area (Å²) in [6.45, 7) is 0. The smallest absolute Gasteiger partial charge is 0.227 e. The summed E-state index contributed by atoms with van der Waals surface area (Å²) in [5.74, 6) is 0.201. The lowest BCUT2D eigenvalue weighted by molar-refractivity contribution is -0.116. The Kier molecular flexibility index (Phi) is 4.96. The highest BCUT2D eigenvalue weighted by molar-refractivity contribution is 5.90. The fraction of sp³-hybridized carbons (Fsp3) is 0.167. The summed E-state index contributed by atoms with van der Waals surface area (Å²) in [6.07, 6.45) is 1.02. The molecule has 1 aromatic heterocycles. The van der Waals surface area contributed by atoms with Crippen LogP contribution in [0.4, 0.5) is 10.1 Å². The molecule has 0 fully saturated rings. The Morgan fingerprint density at radius 3 is 2.62 bits per heavy atom. The number of para-hydroxylation sites is 1. The summed E-state index contributed by atoms with van der Waals surface area (Å²) in [4.78, 5) is 16.1. The van der Waals surface area contributed by atoms with E-state index in [1.165, 1.54) is 12.1 Å². The number of hydrogen-bond donors (Lipinski definition) is 1. The van der Waals surface area contributed by atoms with Gasteiger partial charge in [0.15, 0.2) is 5.82 Å². The number of aromatic nitrogens is 2. The lowest BCUT2D eigenvalue weighted by Gasteiger charge is -2.04. The van der Waals surface area contributed by atoms with Crippen molar-refractivity contribution in [2.45, 2.75) is 19.3 Å². The number of nitrogens with zero attached hydrogens (tertiary/aromatic N) is 2. The Morgan fingerprint density at radius 2 is 1.83 bits per heavy atom. The molecule has 122 valence electrons. The van der Waals surface area contributed by atoms with E-state index >= 15 is 0 Å². The zero-order chi connectivity index (χ0) is 16.8. The van der Waals surface area contributed by atoms with Crippen LogP contribution < -0.4 is 5.32 Å². The van der Waals surface area contributed by atoms with E-state index in [-0.39, 0.29) is 18.0 Å². The zero-order valence-electron chi connectivity index (χ0n) is 12.9. The number of carbonyl (C=O) groups excluding carboxylic acids is 1. The van der Waals surface area contributed by atoms with E-state index in [0.717, 1.165) is 5.56 Å². The van der Waals surface area contributed by atoms with Gasteiger partial charge in [-0.2, -0.15) is 4.98 Å². The molecule has 1 heterocycles. The standard InChI is InChI=1S/C18H16FN3O2/c19-14-8-4-5-9-15(14)20-17(23)10-11-18-21-16(22-24-18)12-13-6-2-1-3-7-13/h1-9H,10-12H2,(H,20,23). The molecule has 0 spiro atoms. The average Bonchev–Trinajstić information content (AvgIpc) is 3.03. The maximum absolute atomic E-state index is 13.5. The summed E-state index contributed by atoms with van der Waals surface area (Å²) >= 11 is 0. The highest BCUT2D eigenvalue weighted by atomic mass is 19.1. The molecule has 3 rings (SSSR count). The topological polar surface area (TPSA) is 68.0 Å². The monoisotopic (exact) mass is 325 g/mol. The number of anilines is 1. The van der Waals surface area contributed by atoms with Crippen molar-refractivity contribution in [3.05, 3.63) is 77.7 Å². The molecule has 0 aliphatic heterocycles. The molecular weight excluding hydrogens is 309 g/mol. The van der Waals surface area contributed by atoms with E-state index in [4.69, 9.17) is 4.52 Å². The number of halogens is 1. The molecule has 24 heavy (non-hydrogen) atoms. The Labute approximate surface area is 138 Å². The van der Waals surface area contributed by atoms with Crippen molar-refractivity contribution >= 4 is 11.6 Å². The zero-order valence-corrected chi connectivity index (χ0v) is 12.9. The minimum atomic E-state index is -0.464. The van der Waals surface area contributed by atoms with Crippen LogP contribution in [0.1, 0.15) is 23.7 Å². The first-order chi connectivity index (χ1) is 11.7. The van der Waals surface area contributed by atoms with Crippen LogP contribution in [0.15, 0.2) is 59.1 Å². The van der Waals surface area contributed by atoms with Gasteiger partial charge in [0.2, 0.25) is 11.8 Å². The fourth-order valence-electron chi connectivity index (χ4n) is 2.24. The predicted molar refractivity (Wildman–Crippen MR) is 86.9 cm³/mol. The van der Waals surface area contributed by atoms with Gasteiger partial charge < -0.3 is 9.84 Å². The first-order valence-corrected chi connectivity index (χ1v) is 7.60. The maximum atomic E-state index is 13.5. The van der Waals surface area contributed by atoms with E-state index in [9.17, 15) is 9.18 Å². The quantitative estimate of drug-likeness (QED) is 0.754. The summed E-state index contributed by atoms with van der Waals surface area (Å²) in [5.41, 5.74) is 1.25. The molecule has 6 heteroatoms. The van der Waals surface area contributed by atoms with Gasteiger partial charge in [0.25, 0.3) is 0 Å². The maximum Gasteiger partial charge on any atom is 0.227 e. The third-order valence-electron chi connectivity index (χ3n) is 3.43. The molecule has 0 aliphatic rings. The van der Waals surface area contributed by atoms with Gasteiger partial charge in [0, 0.05) is 19.3 Å². The lowest BCUT2D eigenvalue weighted by Crippen LogP contribution is -2.13. The summed E-state index contributed by atoms with van der Waals surface area (Å²) in [5, 5.41) is 6.43. The number of hydrogen-bond acceptors (Lipinski definition) is 4. The van der Waals surface area contributed by atoms with Gasteiger partial charge in [-0.05, 0) is 17.7 Å². The van der Waals surface area contributed by atoms with Crippen molar-refractivity contribution in [2.75, 3.05) is 5.32 Å². The summed E-state index contributed by atoms with van der Waals surface area (Å²) in [6, 6.07) is 15.8. The van der Waals surface area contributed by atoms with Crippen LogP contribution in [0, 0.1) is 5.82 Å². The highest BCUT2D eigenvalue weighted by Crippen LogP contribution is 2.13. The molecule has 0 unspecified atom stereocenters. The van der Waals surface area contributed by atoms with E-state index < -0.39 is 5.82 Å². The molecule has 2 aromatic carbocycles. The van der Waals surface area contributed by atoms with Gasteiger partial charge >= 0.3 is 0 Å². The van der Waals surface area contributed by atoms with E-state index in [2.05, 4.69) is 15.5 Å². The molecule has 0 radical (unpaired) electrons. The molecule has 0 saturated heterocycles. The van der Waals surface area contributed by atoms with Gasteiger partial charge in [-0.25, -0.2) is 4.39 Å². The van der Waals surface area contributed by atoms with Crippen LogP contribution >= 0.6 is 0 Å². The summed E-state index contributed by atoms with van der Waals surface area (Å²) < 4.78 is 18.6. The molecule has 0 saturated carbocycles. The minimum absolute atomic E-state index is 0.140. The molecular formula is C18H16FN3O2. The third kappa shape index (κ3) is 4.25. The second-order valence-corrected chi connectivity index (χ2v) is 5.29. The number of nitrogens with one attached hydrogen (secondary N) is 1. The van der Waals surface area contributed by atoms with Gasteiger partial charge in [0.1, 0.15) is 5.82 Å². The van der Waals surface area contributed by atoms with Crippen LogP contribution in [0.2, 0.25) is 0 Å². The minimum Gasteiger partial charge on any atom is -0.339 e. The predicted octanol–water partition coefficient (Wildman–Crippen LogP) is 3.37. The Hall–Kier alpha value is -3.02. The van der Waals surface area contributed by atoms with Crippen molar-refractivity contribution in [2.24, 2.45) is 0 Å². The normalized spacial score (nSPS) is 10.5. The van der Waals surface area contributed by atoms with Gasteiger partial charge in [-0.15, -0.1) is 0 Å². The molecule has 0 aliphatic carbocycles. The van der Waals surface area contributed by atoms with E-state index in [0.29, 0.717) is 24.6 Å². The van der Waals surface area contributed by atoms with Crippen molar-refractivity contribution in [3.8, 4) is 0 Å². The summed E-state index contributed by atoms with van der Waals surface area (Å²) in [7, 11) is 0. The Morgan fingerprint density at radius 1 is 1.08 bits per heavy atom. The van der Waals surface area contributed by atoms with Crippen LogP contribution in [0.5, 0.6) is 0 Å². The molecule has 1 N–H and O–H groups in total. The largest absolute Gasteiger partial charge is 0.339 e. The first kappa shape index (κ1) is 15.9. The Balaban J connectivity index is 1.52. The molecule has 3 aromatic rings. The second-order valence-electron chi connectivity index (χ2n) is 5.29. The van der Waals surface area contributed by atoms with Crippen molar-refractivity contribution in [1.29, 1.82) is 0 Å². The number of benzene rings is 2. The number of aryl methyl sites for hydroxylation is 1. The average molecular weight is 325 g/mol. The molecule has 1 amide bonds. The lowest BCUT2D eigenvalue weighted by atomic mass is 10.1. The van der Waals surface area contributed by atoms with Crippen LogP contribution in [-0.2, 0) is 17.6 Å². The van der Waals surface area contributed by atoms with Crippen LogP contribution in [0.3, 0.4) is 0 Å². The molecule has 0 bridgehead atoms. The number of amides is 1. The van der Waals surface area contributed by atoms with Gasteiger partial charge in [0.05, 0.1) is 5.69 Å². The van der Waals surface area contributed by atoms with E-state index in [1.54, 1.807) is 12.1 Å². The Bertz CT molecular complexity index is 818. The first-order valence-electron chi connectivity index (χ1n) is 7.60. The highest BCUT2D eigenvalue weighted by Gasteiger charge is 2.11. The van der Waals surface area contributed by atoms with Gasteiger partial charge in [-0.3, -0.25) is 4.79 Å². The SMILES string of the molecule is O=C(CCc1nc(Cc2ccccc2)no1)Nc1ccccc1F. The van der Waals surface area contributed by atoms with Crippen LogP contribution in [-0.4, -0.2) is 16.0 Å². The van der Waals surface area contributed by atoms with E-state index in [1.807, 2.05) is 30.3 Å². The van der Waals surface area contributed by atoms with Crippen molar-refractivity contribution in [1.82, 2.24) is 10.1 Å². The third-order valence-corrected chi connectivity index (χ3v) is 3.43. The number of rotatable bonds is 6. The number of carbonyl (C=O) groups is 1. The molecule has 0 atom stereocenters. The van der Waals surface area contributed by atoms with Crippen LogP contribution in [0.25, 0.3) is 0 Å². The van der Waals surface area contributed by atoms with Crippen molar-refractivity contribution in [3.63, 3.8) is 0 Å². The second kappa shape index (κ2) is 7.50. The van der Waals surface area contributed by atoms with Crippen molar-refractivity contribution < 1.29 is 13.7 Å². The molecule has 5 nitrogen and oxygen atoms in total. The fourth-order valence-corrected chi connectivity index (χ4v) is 2.24. The van der Waals surface area contributed by atoms with Gasteiger partial charge in [-0.1, -0.05) is 47.6 Å².